The van der Waals surface area contributed by atoms with Gasteiger partial charge in [-0.1, -0.05) is 30.3 Å². The van der Waals surface area contributed by atoms with Crippen LogP contribution in [-0.4, -0.2) is 36.9 Å². The van der Waals surface area contributed by atoms with Gasteiger partial charge in [0.25, 0.3) is 5.91 Å². The van der Waals surface area contributed by atoms with Crippen molar-refractivity contribution in [3.05, 3.63) is 58.7 Å². The molecular formula is C21H26N2O3. The maximum absolute atomic E-state index is 12.3. The molecule has 0 aliphatic heterocycles. The highest BCUT2D eigenvalue weighted by Gasteiger charge is 2.15. The Bertz CT molecular complexity index is 795. The molecule has 0 heterocycles. The smallest absolute Gasteiger partial charge is 0.260 e. The minimum absolute atomic E-state index is 0.0250. The van der Waals surface area contributed by atoms with Gasteiger partial charge in [0.15, 0.2) is 6.61 Å². The van der Waals surface area contributed by atoms with Crippen molar-refractivity contribution in [2.75, 3.05) is 25.5 Å². The van der Waals surface area contributed by atoms with Gasteiger partial charge in [-0.25, -0.2) is 0 Å². The number of carbonyl (C=O) groups is 2. The molecule has 0 atom stereocenters. The molecule has 0 spiro atoms. The molecule has 0 aliphatic rings. The van der Waals surface area contributed by atoms with Crippen molar-refractivity contribution in [3.63, 3.8) is 0 Å². The molecule has 5 heteroatoms. The first-order chi connectivity index (χ1) is 12.3. The molecule has 1 N–H and O–H groups in total. The van der Waals surface area contributed by atoms with Crippen molar-refractivity contribution in [2.24, 2.45) is 0 Å². The number of para-hydroxylation sites is 1. The SMILES string of the molecule is Cc1cccc(OCC(=O)N(C)CC(=O)Nc2c(C)cccc2C)c1C. The Morgan fingerprint density at radius 2 is 1.54 bits per heavy atom. The number of likely N-dealkylation sites (N-methyl/N-ethyl adjacent to an activating group) is 1. The normalized spacial score (nSPS) is 10.3. The number of amides is 2. The number of hydrogen-bond donors (Lipinski definition) is 1. The number of nitrogens with zero attached hydrogens (tertiary/aromatic N) is 1. The summed E-state index contributed by atoms with van der Waals surface area (Å²) >= 11 is 0. The molecule has 26 heavy (non-hydrogen) atoms. The van der Waals surface area contributed by atoms with Crippen molar-refractivity contribution in [1.82, 2.24) is 4.90 Å². The van der Waals surface area contributed by atoms with E-state index < -0.39 is 0 Å². The fraction of sp³-hybridized carbons (Fsp3) is 0.333. The number of anilines is 1. The van der Waals surface area contributed by atoms with Gasteiger partial charge in [0.2, 0.25) is 5.91 Å². The second-order valence-electron chi connectivity index (χ2n) is 6.55. The van der Waals surface area contributed by atoms with E-state index in [2.05, 4.69) is 5.32 Å². The summed E-state index contributed by atoms with van der Waals surface area (Å²) in [6, 6.07) is 11.5. The Labute approximate surface area is 155 Å². The monoisotopic (exact) mass is 354 g/mol. The molecule has 0 aromatic heterocycles. The van der Waals surface area contributed by atoms with Crippen molar-refractivity contribution in [1.29, 1.82) is 0 Å². The Balaban J connectivity index is 1.90. The average molecular weight is 354 g/mol. The number of ether oxygens (including phenoxy) is 1. The van der Waals surface area contributed by atoms with Gasteiger partial charge in [-0.15, -0.1) is 0 Å². The summed E-state index contributed by atoms with van der Waals surface area (Å²) in [6.07, 6.45) is 0. The van der Waals surface area contributed by atoms with Crippen LogP contribution in [0.2, 0.25) is 0 Å². The predicted octanol–water partition coefficient (Wildman–Crippen LogP) is 3.40. The Morgan fingerprint density at radius 3 is 2.19 bits per heavy atom. The first-order valence-corrected chi connectivity index (χ1v) is 8.58. The van der Waals surface area contributed by atoms with E-state index in [4.69, 9.17) is 4.74 Å². The third-order valence-corrected chi connectivity index (χ3v) is 4.46. The summed E-state index contributed by atoms with van der Waals surface area (Å²) in [5.74, 6) is 0.208. The lowest BCUT2D eigenvalue weighted by atomic mass is 10.1. The molecule has 2 aromatic rings. The fourth-order valence-electron chi connectivity index (χ4n) is 2.62. The Morgan fingerprint density at radius 1 is 0.962 bits per heavy atom. The summed E-state index contributed by atoms with van der Waals surface area (Å²) in [5.41, 5.74) is 4.90. The number of carbonyl (C=O) groups excluding carboxylic acids is 2. The first-order valence-electron chi connectivity index (χ1n) is 8.58. The second kappa shape index (κ2) is 8.52. The van der Waals surface area contributed by atoms with E-state index in [0.717, 1.165) is 27.9 Å². The van der Waals surface area contributed by atoms with Crippen LogP contribution in [-0.2, 0) is 9.59 Å². The quantitative estimate of drug-likeness (QED) is 0.865. The topological polar surface area (TPSA) is 58.6 Å². The fourth-order valence-corrected chi connectivity index (χ4v) is 2.62. The molecule has 0 fully saturated rings. The van der Waals surface area contributed by atoms with Crippen molar-refractivity contribution < 1.29 is 14.3 Å². The lowest BCUT2D eigenvalue weighted by Crippen LogP contribution is -2.37. The molecule has 2 aromatic carbocycles. The molecule has 2 amide bonds. The van der Waals surface area contributed by atoms with E-state index >= 15 is 0 Å². The zero-order valence-electron chi connectivity index (χ0n) is 16.1. The largest absolute Gasteiger partial charge is 0.483 e. The van der Waals surface area contributed by atoms with Gasteiger partial charge in [0.05, 0.1) is 6.54 Å². The van der Waals surface area contributed by atoms with Gasteiger partial charge in [-0.3, -0.25) is 9.59 Å². The van der Waals surface area contributed by atoms with Gasteiger partial charge in [-0.2, -0.15) is 0 Å². The van der Waals surface area contributed by atoms with Crippen LogP contribution in [0.3, 0.4) is 0 Å². The van der Waals surface area contributed by atoms with Crippen molar-refractivity contribution in [2.45, 2.75) is 27.7 Å². The van der Waals surface area contributed by atoms with Crippen molar-refractivity contribution in [3.8, 4) is 5.75 Å². The zero-order valence-corrected chi connectivity index (χ0v) is 16.1. The van der Waals surface area contributed by atoms with Crippen LogP contribution < -0.4 is 10.1 Å². The van der Waals surface area contributed by atoms with E-state index in [-0.39, 0.29) is 25.0 Å². The molecular weight excluding hydrogens is 328 g/mol. The number of rotatable bonds is 6. The summed E-state index contributed by atoms with van der Waals surface area (Å²) in [5, 5.41) is 2.88. The molecule has 0 unspecified atom stereocenters. The predicted molar refractivity (Wildman–Crippen MR) is 104 cm³/mol. The molecule has 0 bridgehead atoms. The van der Waals surface area contributed by atoms with Gasteiger partial charge in [0, 0.05) is 12.7 Å². The summed E-state index contributed by atoms with van der Waals surface area (Å²) in [7, 11) is 1.60. The van der Waals surface area contributed by atoms with E-state index in [1.807, 2.05) is 64.1 Å². The van der Waals surface area contributed by atoms with E-state index in [0.29, 0.717) is 5.75 Å². The molecule has 0 aliphatic carbocycles. The summed E-state index contributed by atoms with van der Waals surface area (Å²) in [4.78, 5) is 25.9. The standard InChI is InChI=1S/C21H26N2O3/c1-14-8-7-11-18(17(14)4)26-13-20(25)23(5)12-19(24)22-21-15(2)9-6-10-16(21)3/h6-11H,12-13H2,1-5H3,(H,22,24). The van der Waals surface area contributed by atoms with Gasteiger partial charge in [-0.05, 0) is 56.0 Å². The lowest BCUT2D eigenvalue weighted by Gasteiger charge is -2.19. The highest BCUT2D eigenvalue weighted by atomic mass is 16.5. The van der Waals surface area contributed by atoms with Gasteiger partial charge >= 0.3 is 0 Å². The number of nitrogens with one attached hydrogen (secondary N) is 1. The molecule has 5 nitrogen and oxygen atoms in total. The Hall–Kier alpha value is -2.82. The van der Waals surface area contributed by atoms with Crippen molar-refractivity contribution >= 4 is 17.5 Å². The van der Waals surface area contributed by atoms with Crippen LogP contribution in [0.25, 0.3) is 0 Å². The van der Waals surface area contributed by atoms with Crippen LogP contribution >= 0.6 is 0 Å². The zero-order chi connectivity index (χ0) is 19.3. The summed E-state index contributed by atoms with van der Waals surface area (Å²) < 4.78 is 5.62. The number of hydrogen-bond acceptors (Lipinski definition) is 3. The maximum atomic E-state index is 12.3. The van der Waals surface area contributed by atoms with Crippen LogP contribution in [0, 0.1) is 27.7 Å². The maximum Gasteiger partial charge on any atom is 0.260 e. The van der Waals surface area contributed by atoms with Gasteiger partial charge < -0.3 is 15.0 Å². The first kappa shape index (κ1) is 19.5. The molecule has 0 saturated heterocycles. The third-order valence-electron chi connectivity index (χ3n) is 4.46. The number of benzene rings is 2. The molecule has 0 saturated carbocycles. The Kier molecular flexibility index (Phi) is 6.39. The van der Waals surface area contributed by atoms with Crippen LogP contribution in [0.15, 0.2) is 36.4 Å². The van der Waals surface area contributed by atoms with Gasteiger partial charge in [0.1, 0.15) is 5.75 Å². The molecule has 0 radical (unpaired) electrons. The van der Waals surface area contributed by atoms with Crippen LogP contribution in [0.5, 0.6) is 5.75 Å². The average Bonchev–Trinajstić information content (AvgIpc) is 2.59. The number of aryl methyl sites for hydroxylation is 3. The molecule has 138 valence electrons. The third kappa shape index (κ3) is 4.85. The van der Waals surface area contributed by atoms with Crippen LogP contribution in [0.1, 0.15) is 22.3 Å². The highest BCUT2D eigenvalue weighted by molar-refractivity contribution is 5.95. The minimum Gasteiger partial charge on any atom is -0.483 e. The van der Waals surface area contributed by atoms with E-state index in [1.54, 1.807) is 7.05 Å². The lowest BCUT2D eigenvalue weighted by molar-refractivity contribution is -0.135. The minimum atomic E-state index is -0.248. The van der Waals surface area contributed by atoms with E-state index in [1.165, 1.54) is 4.90 Å². The molecule has 2 rings (SSSR count). The van der Waals surface area contributed by atoms with E-state index in [9.17, 15) is 9.59 Å². The highest BCUT2D eigenvalue weighted by Crippen LogP contribution is 2.21. The second-order valence-corrected chi connectivity index (χ2v) is 6.55. The van der Waals surface area contributed by atoms with Crippen LogP contribution in [0.4, 0.5) is 5.69 Å². The summed E-state index contributed by atoms with van der Waals surface area (Å²) in [6.45, 7) is 7.70.